The molecule has 238 valence electrons. The summed E-state index contributed by atoms with van der Waals surface area (Å²) in [6.07, 6.45) is 3.30. The highest BCUT2D eigenvalue weighted by Crippen LogP contribution is 2.40. The van der Waals surface area contributed by atoms with E-state index in [0.29, 0.717) is 58.7 Å². The number of nitrogens with zero attached hydrogens (tertiary/aromatic N) is 2. The number of rotatable bonds is 16. The van der Waals surface area contributed by atoms with Gasteiger partial charge >= 0.3 is 0 Å². The van der Waals surface area contributed by atoms with Gasteiger partial charge in [-0.2, -0.15) is 0 Å². The first-order chi connectivity index (χ1) is 20.8. The van der Waals surface area contributed by atoms with Crippen molar-refractivity contribution in [3.8, 4) is 34.5 Å². The molecule has 1 heterocycles. The topological polar surface area (TPSA) is 120 Å². The van der Waals surface area contributed by atoms with Gasteiger partial charge in [0, 0.05) is 50.2 Å². The van der Waals surface area contributed by atoms with Gasteiger partial charge in [0.2, 0.25) is 11.8 Å². The van der Waals surface area contributed by atoms with E-state index in [1.165, 1.54) is 0 Å². The van der Waals surface area contributed by atoms with E-state index in [4.69, 9.17) is 28.4 Å². The van der Waals surface area contributed by atoms with Crippen molar-refractivity contribution in [1.29, 1.82) is 0 Å². The highest BCUT2D eigenvalue weighted by atomic mass is 16.5. The van der Waals surface area contributed by atoms with E-state index in [0.717, 1.165) is 58.5 Å². The number of amides is 2. The molecule has 0 aliphatic carbocycles. The minimum absolute atomic E-state index is 0.0960. The van der Waals surface area contributed by atoms with E-state index >= 15 is 0 Å². The summed E-state index contributed by atoms with van der Waals surface area (Å²) in [6, 6.07) is 6.84. The Labute approximate surface area is 254 Å². The van der Waals surface area contributed by atoms with Gasteiger partial charge in [0.25, 0.3) is 0 Å². The Morgan fingerprint density at radius 2 is 0.930 bits per heavy atom. The standard InChI is InChI=1S/C31H46N4O8/c1-38-22-18-24(40-3)30(25(19-22)41-4)32-28(36)10-7-12-34-14-9-15-35(17-16-34)13-8-11-29(37)33-31-26(42-5)20-23(39-2)21-27(31)43-6/h18-21H,7-17H2,1-6H3,(H,32,36)(H,33,37). The maximum Gasteiger partial charge on any atom is 0.224 e. The van der Waals surface area contributed by atoms with Crippen LogP contribution in [0, 0.1) is 0 Å². The SMILES string of the molecule is COc1cc(OC)c(NC(=O)CCCN2CCCN(CCCC(=O)Nc3c(OC)cc(OC)cc3OC)CC2)c(OC)c1. The lowest BCUT2D eigenvalue weighted by molar-refractivity contribution is -0.117. The third-order valence-electron chi connectivity index (χ3n) is 7.40. The molecular weight excluding hydrogens is 556 g/mol. The van der Waals surface area contributed by atoms with Crippen LogP contribution in [0.15, 0.2) is 24.3 Å². The van der Waals surface area contributed by atoms with Gasteiger partial charge < -0.3 is 48.9 Å². The Kier molecular flexibility index (Phi) is 13.5. The second kappa shape index (κ2) is 17.3. The third-order valence-corrected chi connectivity index (χ3v) is 7.40. The molecule has 2 N–H and O–H groups in total. The normalized spacial score (nSPS) is 13.9. The number of ether oxygens (including phenoxy) is 6. The van der Waals surface area contributed by atoms with Crippen molar-refractivity contribution in [3.05, 3.63) is 24.3 Å². The van der Waals surface area contributed by atoms with Gasteiger partial charge in [-0.25, -0.2) is 0 Å². The van der Waals surface area contributed by atoms with Gasteiger partial charge in [0.15, 0.2) is 0 Å². The Morgan fingerprint density at radius 3 is 1.23 bits per heavy atom. The number of anilines is 2. The van der Waals surface area contributed by atoms with E-state index in [1.54, 1.807) is 66.9 Å². The maximum absolute atomic E-state index is 12.7. The fraction of sp³-hybridized carbons (Fsp3) is 0.548. The number of carbonyl (C=O) groups is 2. The Hall–Kier alpha value is -3.90. The second-order valence-corrected chi connectivity index (χ2v) is 10.2. The molecular formula is C31H46N4O8. The zero-order valence-corrected chi connectivity index (χ0v) is 26.2. The average molecular weight is 603 g/mol. The van der Waals surface area contributed by atoms with Gasteiger partial charge in [-0.05, 0) is 45.4 Å². The van der Waals surface area contributed by atoms with Gasteiger partial charge in [0.1, 0.15) is 45.9 Å². The van der Waals surface area contributed by atoms with E-state index in [1.807, 2.05) is 0 Å². The summed E-state index contributed by atoms with van der Waals surface area (Å²) in [5.74, 6) is 2.90. The molecule has 2 amide bonds. The van der Waals surface area contributed by atoms with Gasteiger partial charge in [0.05, 0.1) is 42.7 Å². The van der Waals surface area contributed by atoms with Crippen LogP contribution in [-0.4, -0.2) is 104 Å². The van der Waals surface area contributed by atoms with Crippen LogP contribution in [-0.2, 0) is 9.59 Å². The first kappa shape index (κ1) is 33.6. The number of nitrogens with one attached hydrogen (secondary N) is 2. The number of hydrogen-bond donors (Lipinski definition) is 2. The Morgan fingerprint density at radius 1 is 0.581 bits per heavy atom. The van der Waals surface area contributed by atoms with Gasteiger partial charge in [-0.1, -0.05) is 0 Å². The molecule has 0 saturated carbocycles. The van der Waals surface area contributed by atoms with E-state index in [9.17, 15) is 9.59 Å². The largest absolute Gasteiger partial charge is 0.496 e. The van der Waals surface area contributed by atoms with Crippen molar-refractivity contribution in [2.75, 3.05) is 92.6 Å². The van der Waals surface area contributed by atoms with Crippen molar-refractivity contribution in [2.45, 2.75) is 32.1 Å². The maximum atomic E-state index is 12.7. The van der Waals surface area contributed by atoms with E-state index in [-0.39, 0.29) is 11.8 Å². The molecule has 12 nitrogen and oxygen atoms in total. The highest BCUT2D eigenvalue weighted by molar-refractivity contribution is 5.95. The van der Waals surface area contributed by atoms with Crippen molar-refractivity contribution >= 4 is 23.2 Å². The van der Waals surface area contributed by atoms with Crippen LogP contribution in [0.4, 0.5) is 11.4 Å². The number of carbonyl (C=O) groups excluding carboxylic acids is 2. The summed E-state index contributed by atoms with van der Waals surface area (Å²) in [5, 5.41) is 5.86. The molecule has 0 atom stereocenters. The van der Waals surface area contributed by atoms with Crippen molar-refractivity contribution in [1.82, 2.24) is 9.80 Å². The van der Waals surface area contributed by atoms with Crippen LogP contribution >= 0.6 is 0 Å². The lowest BCUT2D eigenvalue weighted by atomic mass is 10.2. The van der Waals surface area contributed by atoms with Crippen molar-refractivity contribution < 1.29 is 38.0 Å². The van der Waals surface area contributed by atoms with Gasteiger partial charge in [-0.3, -0.25) is 9.59 Å². The molecule has 0 aromatic heterocycles. The molecule has 2 aromatic rings. The second-order valence-electron chi connectivity index (χ2n) is 10.2. The quantitative estimate of drug-likeness (QED) is 0.293. The minimum atomic E-state index is -0.0960. The predicted molar refractivity (Wildman–Crippen MR) is 165 cm³/mol. The molecule has 2 aromatic carbocycles. The van der Waals surface area contributed by atoms with Crippen LogP contribution in [0.2, 0.25) is 0 Å². The van der Waals surface area contributed by atoms with Crippen LogP contribution in [0.1, 0.15) is 32.1 Å². The predicted octanol–water partition coefficient (Wildman–Crippen LogP) is 3.88. The van der Waals surface area contributed by atoms with Crippen LogP contribution in [0.25, 0.3) is 0 Å². The van der Waals surface area contributed by atoms with E-state index in [2.05, 4.69) is 20.4 Å². The molecule has 0 radical (unpaired) electrons. The van der Waals surface area contributed by atoms with E-state index < -0.39 is 0 Å². The smallest absolute Gasteiger partial charge is 0.224 e. The molecule has 0 bridgehead atoms. The summed E-state index contributed by atoms with van der Waals surface area (Å²) >= 11 is 0. The zero-order chi connectivity index (χ0) is 31.2. The van der Waals surface area contributed by atoms with Crippen LogP contribution in [0.5, 0.6) is 34.5 Å². The molecule has 12 heteroatoms. The van der Waals surface area contributed by atoms with Crippen molar-refractivity contribution in [2.24, 2.45) is 0 Å². The van der Waals surface area contributed by atoms with Gasteiger partial charge in [-0.15, -0.1) is 0 Å². The molecule has 43 heavy (non-hydrogen) atoms. The number of hydrogen-bond acceptors (Lipinski definition) is 10. The summed E-state index contributed by atoms with van der Waals surface area (Å²) in [7, 11) is 9.29. The Bertz CT molecular complexity index is 1070. The summed E-state index contributed by atoms with van der Waals surface area (Å²) in [4.78, 5) is 30.2. The molecule has 1 fully saturated rings. The molecule has 0 spiro atoms. The monoisotopic (exact) mass is 602 g/mol. The Balaban J connectivity index is 1.40. The molecule has 1 saturated heterocycles. The summed E-state index contributed by atoms with van der Waals surface area (Å²) in [5.41, 5.74) is 0.995. The average Bonchev–Trinajstić information content (AvgIpc) is 3.25. The molecule has 1 aliphatic rings. The first-order valence-corrected chi connectivity index (χ1v) is 14.5. The number of methoxy groups -OCH3 is 6. The fourth-order valence-corrected chi connectivity index (χ4v) is 5.06. The minimum Gasteiger partial charge on any atom is -0.496 e. The fourth-order valence-electron chi connectivity index (χ4n) is 5.06. The number of benzene rings is 2. The van der Waals surface area contributed by atoms with Crippen molar-refractivity contribution in [3.63, 3.8) is 0 Å². The zero-order valence-electron chi connectivity index (χ0n) is 26.2. The summed E-state index contributed by atoms with van der Waals surface area (Å²) < 4.78 is 32.2. The molecule has 0 unspecified atom stereocenters. The third kappa shape index (κ3) is 9.82. The first-order valence-electron chi connectivity index (χ1n) is 14.5. The van der Waals surface area contributed by atoms with Crippen LogP contribution < -0.4 is 39.1 Å². The van der Waals surface area contributed by atoms with Crippen LogP contribution in [0.3, 0.4) is 0 Å². The lowest BCUT2D eigenvalue weighted by Crippen LogP contribution is -2.32. The highest BCUT2D eigenvalue weighted by Gasteiger charge is 2.19. The molecule has 3 rings (SSSR count). The molecule has 1 aliphatic heterocycles. The summed E-state index contributed by atoms with van der Waals surface area (Å²) in [6.45, 7) is 5.49. The lowest BCUT2D eigenvalue weighted by Gasteiger charge is -2.22.